The number of aryl methyl sites for hydroxylation is 2. The largest absolute Gasteiger partial charge is 0.361 e. The number of piperidine rings is 1. The SMILES string of the molecule is Cc1cc(C)c2[nH]ccc2c1CN1CCCCC1CNS(C)(=O)=O. The van der Waals surface area contributed by atoms with Crippen molar-refractivity contribution < 1.29 is 8.42 Å². The lowest BCUT2D eigenvalue weighted by molar-refractivity contribution is 0.142. The number of benzene rings is 1. The number of sulfonamides is 1. The number of hydrogen-bond donors (Lipinski definition) is 2. The van der Waals surface area contributed by atoms with Crippen molar-refractivity contribution in [2.75, 3.05) is 19.3 Å². The number of hydrogen-bond acceptors (Lipinski definition) is 3. The maximum Gasteiger partial charge on any atom is 0.208 e. The van der Waals surface area contributed by atoms with E-state index in [1.807, 2.05) is 6.20 Å². The molecule has 2 heterocycles. The Morgan fingerprint density at radius 2 is 2.08 bits per heavy atom. The van der Waals surface area contributed by atoms with Crippen LogP contribution in [0.4, 0.5) is 0 Å². The molecule has 132 valence electrons. The fourth-order valence-corrected chi connectivity index (χ4v) is 4.30. The second kappa shape index (κ2) is 6.86. The van der Waals surface area contributed by atoms with Gasteiger partial charge in [-0.15, -0.1) is 0 Å². The smallest absolute Gasteiger partial charge is 0.208 e. The van der Waals surface area contributed by atoms with Gasteiger partial charge >= 0.3 is 0 Å². The monoisotopic (exact) mass is 349 g/mol. The fourth-order valence-electron chi connectivity index (χ4n) is 3.80. The average molecular weight is 349 g/mol. The van der Waals surface area contributed by atoms with Crippen LogP contribution in [0.5, 0.6) is 0 Å². The summed E-state index contributed by atoms with van der Waals surface area (Å²) in [6, 6.07) is 4.66. The zero-order valence-electron chi connectivity index (χ0n) is 14.7. The Bertz CT molecular complexity index is 826. The van der Waals surface area contributed by atoms with Gasteiger partial charge in [0.1, 0.15) is 0 Å². The number of nitrogens with one attached hydrogen (secondary N) is 2. The van der Waals surface area contributed by atoms with Crippen LogP contribution in [0, 0.1) is 13.8 Å². The number of nitrogens with zero attached hydrogens (tertiary/aromatic N) is 1. The van der Waals surface area contributed by atoms with Gasteiger partial charge in [-0.3, -0.25) is 4.90 Å². The molecule has 0 spiro atoms. The van der Waals surface area contributed by atoms with Crippen LogP contribution in [0.25, 0.3) is 10.9 Å². The summed E-state index contributed by atoms with van der Waals surface area (Å²) in [5.74, 6) is 0. The summed E-state index contributed by atoms with van der Waals surface area (Å²) >= 11 is 0. The molecule has 1 fully saturated rings. The molecule has 0 amide bonds. The van der Waals surface area contributed by atoms with Gasteiger partial charge < -0.3 is 4.98 Å². The van der Waals surface area contributed by atoms with Crippen molar-refractivity contribution in [3.05, 3.63) is 35.0 Å². The van der Waals surface area contributed by atoms with Crippen LogP contribution in [-0.4, -0.2) is 43.7 Å². The molecule has 2 N–H and O–H groups in total. The van der Waals surface area contributed by atoms with Crippen molar-refractivity contribution in [3.63, 3.8) is 0 Å². The normalized spacial score (nSPS) is 19.9. The summed E-state index contributed by atoms with van der Waals surface area (Å²) in [6.45, 7) is 6.70. The summed E-state index contributed by atoms with van der Waals surface area (Å²) in [6.07, 6.45) is 6.62. The Balaban J connectivity index is 1.84. The van der Waals surface area contributed by atoms with Crippen LogP contribution in [0.1, 0.15) is 36.0 Å². The summed E-state index contributed by atoms with van der Waals surface area (Å²) in [5, 5.41) is 1.29. The van der Waals surface area contributed by atoms with E-state index >= 15 is 0 Å². The van der Waals surface area contributed by atoms with Gasteiger partial charge in [0.2, 0.25) is 10.0 Å². The molecule has 3 rings (SSSR count). The van der Waals surface area contributed by atoms with Gasteiger partial charge in [-0.25, -0.2) is 13.1 Å². The van der Waals surface area contributed by atoms with E-state index in [1.54, 1.807) is 0 Å². The number of aromatic amines is 1. The first-order valence-corrected chi connectivity index (χ1v) is 10.5. The van der Waals surface area contributed by atoms with E-state index in [2.05, 4.69) is 40.6 Å². The third-order valence-corrected chi connectivity index (χ3v) is 5.76. The highest BCUT2D eigenvalue weighted by Gasteiger charge is 2.24. The molecule has 1 unspecified atom stereocenters. The molecule has 1 aliphatic rings. The Morgan fingerprint density at radius 3 is 2.83 bits per heavy atom. The maximum atomic E-state index is 11.4. The number of H-pyrrole nitrogens is 1. The quantitative estimate of drug-likeness (QED) is 0.872. The van der Waals surface area contributed by atoms with Gasteiger partial charge in [0.05, 0.1) is 6.26 Å². The highest BCUT2D eigenvalue weighted by Crippen LogP contribution is 2.28. The molecule has 0 radical (unpaired) electrons. The topological polar surface area (TPSA) is 65.2 Å². The maximum absolute atomic E-state index is 11.4. The molecule has 1 aliphatic heterocycles. The van der Waals surface area contributed by atoms with Crippen LogP contribution in [0.15, 0.2) is 18.3 Å². The minimum atomic E-state index is -3.14. The molecule has 1 atom stereocenters. The molecule has 0 saturated carbocycles. The average Bonchev–Trinajstić information content (AvgIpc) is 2.99. The number of rotatable bonds is 5. The predicted octanol–water partition coefficient (Wildman–Crippen LogP) is 2.69. The molecule has 0 bridgehead atoms. The fraction of sp³-hybridized carbons (Fsp3) is 0.556. The summed E-state index contributed by atoms with van der Waals surface area (Å²) in [5.41, 5.74) is 5.13. The Hall–Kier alpha value is -1.37. The minimum absolute atomic E-state index is 0.267. The Labute approximate surface area is 144 Å². The molecule has 0 aliphatic carbocycles. The molecule has 1 saturated heterocycles. The first kappa shape index (κ1) is 17.5. The molecule has 2 aromatic rings. The zero-order valence-corrected chi connectivity index (χ0v) is 15.5. The molecular weight excluding hydrogens is 322 g/mol. The van der Waals surface area contributed by atoms with Crippen LogP contribution in [-0.2, 0) is 16.6 Å². The molecule has 6 heteroatoms. The Morgan fingerprint density at radius 1 is 1.29 bits per heavy atom. The van der Waals surface area contributed by atoms with Crippen molar-refractivity contribution in [2.45, 2.75) is 45.7 Å². The van der Waals surface area contributed by atoms with Gasteiger partial charge in [-0.2, -0.15) is 0 Å². The van der Waals surface area contributed by atoms with Crippen molar-refractivity contribution in [1.29, 1.82) is 0 Å². The lowest BCUT2D eigenvalue weighted by Crippen LogP contribution is -2.46. The van der Waals surface area contributed by atoms with Crippen molar-refractivity contribution >= 4 is 20.9 Å². The van der Waals surface area contributed by atoms with E-state index in [0.717, 1.165) is 19.5 Å². The highest BCUT2D eigenvalue weighted by atomic mass is 32.2. The molecule has 1 aromatic carbocycles. The second-order valence-electron chi connectivity index (χ2n) is 7.00. The van der Waals surface area contributed by atoms with Crippen LogP contribution in [0.2, 0.25) is 0 Å². The van der Waals surface area contributed by atoms with Gasteiger partial charge in [0, 0.05) is 36.2 Å². The minimum Gasteiger partial charge on any atom is -0.361 e. The van der Waals surface area contributed by atoms with E-state index < -0.39 is 10.0 Å². The lowest BCUT2D eigenvalue weighted by Gasteiger charge is -2.36. The van der Waals surface area contributed by atoms with Crippen LogP contribution in [0.3, 0.4) is 0 Å². The summed E-state index contributed by atoms with van der Waals surface area (Å²) in [7, 11) is -3.14. The van der Waals surface area contributed by atoms with E-state index in [1.165, 1.54) is 46.7 Å². The summed E-state index contributed by atoms with van der Waals surface area (Å²) < 4.78 is 25.6. The number of fused-ring (bicyclic) bond motifs is 1. The number of likely N-dealkylation sites (tertiary alicyclic amines) is 1. The standard InChI is InChI=1S/C18H27N3O2S/c1-13-10-14(2)18-16(7-8-19-18)17(13)12-21-9-5-4-6-15(21)11-20-24(3,22)23/h7-8,10,15,19-20H,4-6,9,11-12H2,1-3H3. The van der Waals surface area contributed by atoms with Gasteiger partial charge in [0.25, 0.3) is 0 Å². The molecule has 5 nitrogen and oxygen atoms in total. The van der Waals surface area contributed by atoms with Crippen molar-refractivity contribution in [3.8, 4) is 0 Å². The van der Waals surface area contributed by atoms with Crippen LogP contribution >= 0.6 is 0 Å². The van der Waals surface area contributed by atoms with Crippen molar-refractivity contribution in [1.82, 2.24) is 14.6 Å². The lowest BCUT2D eigenvalue weighted by atomic mass is 9.97. The van der Waals surface area contributed by atoms with Gasteiger partial charge in [-0.1, -0.05) is 12.5 Å². The molecular formula is C18H27N3O2S. The van der Waals surface area contributed by atoms with Crippen LogP contribution < -0.4 is 4.72 Å². The molecule has 24 heavy (non-hydrogen) atoms. The van der Waals surface area contributed by atoms with Crippen molar-refractivity contribution in [2.24, 2.45) is 0 Å². The first-order valence-electron chi connectivity index (χ1n) is 8.60. The second-order valence-corrected chi connectivity index (χ2v) is 8.83. The number of aromatic nitrogens is 1. The first-order chi connectivity index (χ1) is 11.3. The Kier molecular flexibility index (Phi) is 4.99. The van der Waals surface area contributed by atoms with E-state index in [4.69, 9.17) is 0 Å². The molecule has 1 aromatic heterocycles. The summed E-state index contributed by atoms with van der Waals surface area (Å²) in [4.78, 5) is 5.78. The van der Waals surface area contributed by atoms with E-state index in [9.17, 15) is 8.42 Å². The third-order valence-electron chi connectivity index (χ3n) is 5.07. The van der Waals surface area contributed by atoms with E-state index in [-0.39, 0.29) is 6.04 Å². The third kappa shape index (κ3) is 3.82. The van der Waals surface area contributed by atoms with Gasteiger partial charge in [0.15, 0.2) is 0 Å². The van der Waals surface area contributed by atoms with Gasteiger partial charge in [-0.05, 0) is 56.0 Å². The highest BCUT2D eigenvalue weighted by molar-refractivity contribution is 7.88. The van der Waals surface area contributed by atoms with E-state index in [0.29, 0.717) is 6.54 Å². The predicted molar refractivity (Wildman–Crippen MR) is 98.7 cm³/mol. The zero-order chi connectivity index (χ0) is 17.3.